The van der Waals surface area contributed by atoms with Gasteiger partial charge in [0, 0.05) is 16.9 Å². The lowest BCUT2D eigenvalue weighted by molar-refractivity contribution is -0.137. The molecule has 0 aliphatic heterocycles. The van der Waals surface area contributed by atoms with Crippen molar-refractivity contribution in [1.29, 1.82) is 0 Å². The molecule has 0 unspecified atom stereocenters. The number of esters is 1. The monoisotopic (exact) mass is 414 g/mol. The molecule has 0 saturated carbocycles. The van der Waals surface area contributed by atoms with Crippen LogP contribution in [0.25, 0.3) is 11.1 Å². The van der Waals surface area contributed by atoms with Gasteiger partial charge in [-0.15, -0.1) is 0 Å². The fourth-order valence-electron chi connectivity index (χ4n) is 2.84. The number of anilines is 2. The SMILES string of the molecule is COC(=O)c1cc(Nc2ccc(C(F)(F)F)cc2)cc(-c2ccc(C(N)=O)cc2)c1. The van der Waals surface area contributed by atoms with Gasteiger partial charge >= 0.3 is 12.1 Å². The number of nitrogens with one attached hydrogen (secondary N) is 1. The van der Waals surface area contributed by atoms with E-state index in [1.165, 1.54) is 25.3 Å². The third-order valence-electron chi connectivity index (χ3n) is 4.36. The normalized spacial score (nSPS) is 11.1. The zero-order valence-electron chi connectivity index (χ0n) is 15.8. The summed E-state index contributed by atoms with van der Waals surface area (Å²) in [5.74, 6) is -1.13. The first-order chi connectivity index (χ1) is 14.2. The Bertz CT molecular complexity index is 1080. The largest absolute Gasteiger partial charge is 0.465 e. The summed E-state index contributed by atoms with van der Waals surface area (Å²) in [7, 11) is 1.25. The molecule has 3 aromatic rings. The molecule has 0 atom stereocenters. The predicted octanol–water partition coefficient (Wildman–Crippen LogP) is 5.00. The molecule has 0 aliphatic carbocycles. The van der Waals surface area contributed by atoms with Crippen LogP contribution in [0.2, 0.25) is 0 Å². The number of hydrogen-bond donors (Lipinski definition) is 2. The van der Waals surface area contributed by atoms with Crippen LogP contribution < -0.4 is 11.1 Å². The van der Waals surface area contributed by atoms with Crippen LogP contribution in [0.15, 0.2) is 66.7 Å². The molecule has 3 rings (SSSR count). The maximum atomic E-state index is 12.7. The van der Waals surface area contributed by atoms with Crippen molar-refractivity contribution in [3.05, 3.63) is 83.4 Å². The molecule has 0 aromatic heterocycles. The summed E-state index contributed by atoms with van der Waals surface area (Å²) in [5, 5.41) is 2.99. The lowest BCUT2D eigenvalue weighted by Crippen LogP contribution is -2.10. The van der Waals surface area contributed by atoms with Gasteiger partial charge in [0.2, 0.25) is 5.91 Å². The van der Waals surface area contributed by atoms with Gasteiger partial charge in [-0.25, -0.2) is 4.79 Å². The van der Waals surface area contributed by atoms with E-state index in [0.29, 0.717) is 28.1 Å². The minimum Gasteiger partial charge on any atom is -0.465 e. The van der Waals surface area contributed by atoms with Crippen molar-refractivity contribution in [2.75, 3.05) is 12.4 Å². The number of carbonyl (C=O) groups excluding carboxylic acids is 2. The van der Waals surface area contributed by atoms with Crippen molar-refractivity contribution in [3.8, 4) is 11.1 Å². The Balaban J connectivity index is 1.96. The molecule has 5 nitrogen and oxygen atoms in total. The van der Waals surface area contributed by atoms with Gasteiger partial charge in [0.05, 0.1) is 18.2 Å². The molecule has 3 aromatic carbocycles. The first kappa shape index (κ1) is 20.9. The van der Waals surface area contributed by atoms with Crippen molar-refractivity contribution < 1.29 is 27.5 Å². The maximum Gasteiger partial charge on any atom is 0.416 e. The van der Waals surface area contributed by atoms with Crippen molar-refractivity contribution in [2.24, 2.45) is 5.73 Å². The summed E-state index contributed by atoms with van der Waals surface area (Å²) in [4.78, 5) is 23.3. The minimum absolute atomic E-state index is 0.253. The number of nitrogens with two attached hydrogens (primary N) is 1. The van der Waals surface area contributed by atoms with Gasteiger partial charge in [-0.3, -0.25) is 4.79 Å². The number of ether oxygens (including phenoxy) is 1. The maximum absolute atomic E-state index is 12.7. The standard InChI is InChI=1S/C22H17F3N2O3/c1-30-21(29)16-10-15(13-2-4-14(5-3-13)20(26)28)11-19(12-16)27-18-8-6-17(7-9-18)22(23,24)25/h2-12,27H,1H3,(H2,26,28). The molecule has 30 heavy (non-hydrogen) atoms. The lowest BCUT2D eigenvalue weighted by atomic mass is 10.0. The molecule has 0 saturated heterocycles. The summed E-state index contributed by atoms with van der Waals surface area (Å²) >= 11 is 0. The van der Waals surface area contributed by atoms with Crippen molar-refractivity contribution in [3.63, 3.8) is 0 Å². The van der Waals surface area contributed by atoms with Gasteiger partial charge in [-0.2, -0.15) is 13.2 Å². The second kappa shape index (κ2) is 8.28. The first-order valence-corrected chi connectivity index (χ1v) is 8.75. The number of carbonyl (C=O) groups is 2. The number of primary amides is 1. The topological polar surface area (TPSA) is 81.4 Å². The smallest absolute Gasteiger partial charge is 0.416 e. The number of rotatable bonds is 5. The summed E-state index contributed by atoms with van der Waals surface area (Å²) in [5.41, 5.74) is 7.33. The molecule has 0 aliphatic rings. The van der Waals surface area contributed by atoms with E-state index in [2.05, 4.69) is 5.32 Å². The van der Waals surface area contributed by atoms with E-state index in [1.807, 2.05) is 0 Å². The Kier molecular flexibility index (Phi) is 5.77. The fourth-order valence-corrected chi connectivity index (χ4v) is 2.84. The quantitative estimate of drug-likeness (QED) is 0.576. The number of hydrogen-bond acceptors (Lipinski definition) is 4. The number of methoxy groups -OCH3 is 1. The van der Waals surface area contributed by atoms with Crippen molar-refractivity contribution in [1.82, 2.24) is 0 Å². The van der Waals surface area contributed by atoms with E-state index in [1.54, 1.807) is 36.4 Å². The highest BCUT2D eigenvalue weighted by atomic mass is 19.4. The third-order valence-corrected chi connectivity index (χ3v) is 4.36. The Morgan fingerprint density at radius 3 is 2.00 bits per heavy atom. The zero-order chi connectivity index (χ0) is 21.9. The molecule has 3 N–H and O–H groups in total. The van der Waals surface area contributed by atoms with Crippen LogP contribution in [-0.2, 0) is 10.9 Å². The second-order valence-corrected chi connectivity index (χ2v) is 6.43. The van der Waals surface area contributed by atoms with E-state index in [9.17, 15) is 22.8 Å². The Labute approximate surface area is 170 Å². The first-order valence-electron chi connectivity index (χ1n) is 8.75. The lowest BCUT2D eigenvalue weighted by Gasteiger charge is -2.13. The second-order valence-electron chi connectivity index (χ2n) is 6.43. The van der Waals surface area contributed by atoms with Crippen LogP contribution >= 0.6 is 0 Å². The highest BCUT2D eigenvalue weighted by molar-refractivity contribution is 5.94. The van der Waals surface area contributed by atoms with E-state index in [0.717, 1.165) is 12.1 Å². The third kappa shape index (κ3) is 4.78. The highest BCUT2D eigenvalue weighted by Gasteiger charge is 2.29. The molecule has 1 amide bonds. The van der Waals surface area contributed by atoms with Crippen LogP contribution in [0.1, 0.15) is 26.3 Å². The van der Waals surface area contributed by atoms with Crippen LogP contribution in [-0.4, -0.2) is 19.0 Å². The number of amides is 1. The average molecular weight is 414 g/mol. The van der Waals surface area contributed by atoms with Crippen molar-refractivity contribution >= 4 is 23.3 Å². The van der Waals surface area contributed by atoms with E-state index in [4.69, 9.17) is 10.5 Å². The summed E-state index contributed by atoms with van der Waals surface area (Å²) in [6, 6.07) is 15.9. The molecule has 8 heteroatoms. The van der Waals surface area contributed by atoms with Crippen LogP contribution in [0.4, 0.5) is 24.5 Å². The van der Waals surface area contributed by atoms with Crippen LogP contribution in [0.3, 0.4) is 0 Å². The van der Waals surface area contributed by atoms with Crippen LogP contribution in [0, 0.1) is 0 Å². The van der Waals surface area contributed by atoms with Crippen molar-refractivity contribution in [2.45, 2.75) is 6.18 Å². The van der Waals surface area contributed by atoms with E-state index < -0.39 is 23.6 Å². The Morgan fingerprint density at radius 1 is 0.833 bits per heavy atom. The molecular formula is C22H17F3N2O3. The number of benzene rings is 3. The summed E-state index contributed by atoms with van der Waals surface area (Å²) in [6.45, 7) is 0. The fraction of sp³-hybridized carbons (Fsp3) is 0.0909. The number of alkyl halides is 3. The summed E-state index contributed by atoms with van der Waals surface area (Å²) < 4.78 is 43.0. The molecule has 0 bridgehead atoms. The van der Waals surface area contributed by atoms with Gasteiger partial charge < -0.3 is 15.8 Å². The van der Waals surface area contributed by atoms with E-state index >= 15 is 0 Å². The highest BCUT2D eigenvalue weighted by Crippen LogP contribution is 2.31. The molecule has 154 valence electrons. The molecule has 0 spiro atoms. The zero-order valence-corrected chi connectivity index (χ0v) is 15.8. The molecule has 0 heterocycles. The Morgan fingerprint density at radius 2 is 1.47 bits per heavy atom. The predicted molar refractivity (Wildman–Crippen MR) is 106 cm³/mol. The van der Waals surface area contributed by atoms with Gasteiger partial charge in [-0.1, -0.05) is 12.1 Å². The summed E-state index contributed by atoms with van der Waals surface area (Å²) in [6.07, 6.45) is -4.42. The molecular weight excluding hydrogens is 397 g/mol. The Hall–Kier alpha value is -3.81. The van der Waals surface area contributed by atoms with Crippen LogP contribution in [0.5, 0.6) is 0 Å². The van der Waals surface area contributed by atoms with Gasteiger partial charge in [0.25, 0.3) is 0 Å². The molecule has 0 radical (unpaired) electrons. The van der Waals surface area contributed by atoms with E-state index in [-0.39, 0.29) is 5.56 Å². The average Bonchev–Trinajstić information content (AvgIpc) is 2.72. The molecule has 0 fully saturated rings. The minimum atomic E-state index is -4.42. The van der Waals surface area contributed by atoms with Gasteiger partial charge in [-0.05, 0) is 65.7 Å². The number of halogens is 3. The van der Waals surface area contributed by atoms with Gasteiger partial charge in [0.15, 0.2) is 0 Å². The van der Waals surface area contributed by atoms with Gasteiger partial charge in [0.1, 0.15) is 0 Å².